The third-order valence-corrected chi connectivity index (χ3v) is 2.67. The molecule has 1 amide bonds. The number of halogens is 1. The predicted octanol–water partition coefficient (Wildman–Crippen LogP) is 0.899. The molecule has 0 aromatic heterocycles. The molecule has 2 rings (SSSR count). The van der Waals surface area contributed by atoms with Crippen molar-refractivity contribution >= 4 is 23.2 Å². The molecular formula is C11H14ClN3O2. The van der Waals surface area contributed by atoms with Gasteiger partial charge in [-0.25, -0.2) is 5.01 Å². The Morgan fingerprint density at radius 2 is 2.06 bits per heavy atom. The van der Waals surface area contributed by atoms with E-state index in [2.05, 4.69) is 5.43 Å². The minimum Gasteiger partial charge on any atom is -0.399 e. The Bertz CT molecular complexity index is 399. The molecule has 5 nitrogen and oxygen atoms in total. The highest BCUT2D eigenvalue weighted by molar-refractivity contribution is 6.31. The van der Waals surface area contributed by atoms with Gasteiger partial charge in [0, 0.05) is 29.4 Å². The van der Waals surface area contributed by atoms with Gasteiger partial charge in [0.1, 0.15) is 0 Å². The number of nitrogen functional groups attached to an aromatic ring is 1. The summed E-state index contributed by atoms with van der Waals surface area (Å²) in [4.78, 5) is 11.9. The van der Waals surface area contributed by atoms with Crippen LogP contribution in [0.15, 0.2) is 18.2 Å². The summed E-state index contributed by atoms with van der Waals surface area (Å²) in [6.45, 7) is 2.61. The Kier molecular flexibility index (Phi) is 3.83. The van der Waals surface area contributed by atoms with Crippen LogP contribution in [0.5, 0.6) is 0 Å². The fourth-order valence-electron chi connectivity index (χ4n) is 1.63. The number of nitrogens with one attached hydrogen (secondary N) is 1. The van der Waals surface area contributed by atoms with Gasteiger partial charge in [-0.05, 0) is 18.2 Å². The molecule has 1 aromatic carbocycles. The highest BCUT2D eigenvalue weighted by atomic mass is 35.5. The minimum absolute atomic E-state index is 0.207. The molecule has 0 atom stereocenters. The molecular weight excluding hydrogens is 242 g/mol. The number of rotatable bonds is 2. The molecule has 0 aliphatic carbocycles. The Balaban J connectivity index is 2.03. The van der Waals surface area contributed by atoms with E-state index in [-0.39, 0.29) is 5.91 Å². The average molecular weight is 256 g/mol. The molecule has 6 heteroatoms. The molecule has 0 saturated carbocycles. The largest absolute Gasteiger partial charge is 0.399 e. The predicted molar refractivity (Wildman–Crippen MR) is 65.7 cm³/mol. The van der Waals surface area contributed by atoms with Crippen molar-refractivity contribution in [1.29, 1.82) is 0 Å². The van der Waals surface area contributed by atoms with E-state index < -0.39 is 0 Å². The zero-order valence-corrected chi connectivity index (χ0v) is 10.0. The zero-order chi connectivity index (χ0) is 12.3. The number of carbonyl (C=O) groups is 1. The number of amides is 1. The molecule has 1 heterocycles. The number of ether oxygens (including phenoxy) is 1. The summed E-state index contributed by atoms with van der Waals surface area (Å²) in [7, 11) is 0. The Hall–Kier alpha value is -1.30. The van der Waals surface area contributed by atoms with E-state index in [1.807, 2.05) is 5.01 Å². The maximum Gasteiger partial charge on any atom is 0.265 e. The molecule has 1 aliphatic heterocycles. The van der Waals surface area contributed by atoms with Gasteiger partial charge in [-0.3, -0.25) is 10.2 Å². The minimum atomic E-state index is -0.207. The summed E-state index contributed by atoms with van der Waals surface area (Å²) < 4.78 is 5.19. The van der Waals surface area contributed by atoms with E-state index in [0.717, 1.165) is 0 Å². The molecule has 0 radical (unpaired) electrons. The van der Waals surface area contributed by atoms with Crippen molar-refractivity contribution in [3.8, 4) is 0 Å². The number of hydrogen-bond donors (Lipinski definition) is 2. The number of nitrogens with zero attached hydrogens (tertiary/aromatic N) is 1. The van der Waals surface area contributed by atoms with E-state index in [0.29, 0.717) is 42.6 Å². The first-order valence-corrected chi connectivity index (χ1v) is 5.73. The summed E-state index contributed by atoms with van der Waals surface area (Å²) in [6.07, 6.45) is 0. The first-order valence-electron chi connectivity index (χ1n) is 5.35. The fourth-order valence-corrected chi connectivity index (χ4v) is 1.87. The van der Waals surface area contributed by atoms with Crippen LogP contribution < -0.4 is 11.2 Å². The lowest BCUT2D eigenvalue weighted by Crippen LogP contribution is -2.48. The third kappa shape index (κ3) is 3.33. The summed E-state index contributed by atoms with van der Waals surface area (Å²) in [6, 6.07) is 4.79. The molecule has 1 saturated heterocycles. The van der Waals surface area contributed by atoms with Crippen molar-refractivity contribution in [2.45, 2.75) is 0 Å². The molecule has 0 spiro atoms. The summed E-state index contributed by atoms with van der Waals surface area (Å²) >= 11 is 5.84. The molecule has 1 fully saturated rings. The van der Waals surface area contributed by atoms with Gasteiger partial charge in [-0.2, -0.15) is 0 Å². The lowest BCUT2D eigenvalue weighted by atomic mass is 10.2. The number of hydrazine groups is 1. The van der Waals surface area contributed by atoms with Crippen molar-refractivity contribution in [2.24, 2.45) is 0 Å². The number of benzene rings is 1. The summed E-state index contributed by atoms with van der Waals surface area (Å²) in [5, 5.41) is 2.28. The maximum absolute atomic E-state index is 11.9. The van der Waals surface area contributed by atoms with Gasteiger partial charge in [0.2, 0.25) is 0 Å². The quantitative estimate of drug-likeness (QED) is 0.771. The van der Waals surface area contributed by atoms with Crippen molar-refractivity contribution in [3.05, 3.63) is 28.8 Å². The zero-order valence-electron chi connectivity index (χ0n) is 9.28. The monoisotopic (exact) mass is 255 g/mol. The van der Waals surface area contributed by atoms with Gasteiger partial charge in [-0.15, -0.1) is 0 Å². The van der Waals surface area contributed by atoms with Crippen LogP contribution in [0, 0.1) is 0 Å². The highest BCUT2D eigenvalue weighted by Gasteiger charge is 2.14. The Morgan fingerprint density at radius 1 is 1.35 bits per heavy atom. The van der Waals surface area contributed by atoms with Crippen molar-refractivity contribution in [1.82, 2.24) is 10.4 Å². The molecule has 3 N–H and O–H groups in total. The van der Waals surface area contributed by atoms with Crippen LogP contribution in [0.2, 0.25) is 5.02 Å². The van der Waals surface area contributed by atoms with Crippen LogP contribution in [-0.2, 0) is 4.74 Å². The van der Waals surface area contributed by atoms with Crippen LogP contribution in [-0.4, -0.2) is 37.2 Å². The second-order valence-electron chi connectivity index (χ2n) is 3.81. The van der Waals surface area contributed by atoms with Gasteiger partial charge in [0.15, 0.2) is 0 Å². The van der Waals surface area contributed by atoms with E-state index >= 15 is 0 Å². The first-order chi connectivity index (χ1) is 8.15. The van der Waals surface area contributed by atoms with Gasteiger partial charge in [0.05, 0.1) is 13.2 Å². The average Bonchev–Trinajstić information content (AvgIpc) is 2.29. The fraction of sp³-hybridized carbons (Fsp3) is 0.364. The Labute approximate surface area is 104 Å². The standard InChI is InChI=1S/C11H14ClN3O2/c12-9-5-8(6-10(13)7-9)11(16)14-15-1-3-17-4-2-15/h5-7H,1-4,13H2,(H,14,16). The smallest absolute Gasteiger partial charge is 0.265 e. The van der Waals surface area contributed by atoms with Gasteiger partial charge in [-0.1, -0.05) is 11.6 Å². The number of anilines is 1. The molecule has 17 heavy (non-hydrogen) atoms. The summed E-state index contributed by atoms with van der Waals surface area (Å²) in [5.41, 5.74) is 9.36. The van der Waals surface area contributed by atoms with Crippen LogP contribution in [0.25, 0.3) is 0 Å². The van der Waals surface area contributed by atoms with Crippen molar-refractivity contribution in [3.63, 3.8) is 0 Å². The van der Waals surface area contributed by atoms with Crippen LogP contribution in [0.4, 0.5) is 5.69 Å². The maximum atomic E-state index is 11.9. The number of nitrogens with two attached hydrogens (primary N) is 1. The molecule has 0 bridgehead atoms. The van der Waals surface area contributed by atoms with Crippen LogP contribution in [0.3, 0.4) is 0 Å². The number of carbonyl (C=O) groups excluding carboxylic acids is 1. The molecule has 92 valence electrons. The van der Waals surface area contributed by atoms with Crippen LogP contribution >= 0.6 is 11.6 Å². The summed E-state index contributed by atoms with van der Waals surface area (Å²) in [5.74, 6) is -0.207. The van der Waals surface area contributed by atoms with Crippen molar-refractivity contribution < 1.29 is 9.53 Å². The van der Waals surface area contributed by atoms with Gasteiger partial charge >= 0.3 is 0 Å². The lowest BCUT2D eigenvalue weighted by Gasteiger charge is -2.26. The normalized spacial score (nSPS) is 16.8. The van der Waals surface area contributed by atoms with Gasteiger partial charge < -0.3 is 10.5 Å². The van der Waals surface area contributed by atoms with E-state index in [9.17, 15) is 4.79 Å². The lowest BCUT2D eigenvalue weighted by molar-refractivity contribution is 0.0126. The number of morpholine rings is 1. The van der Waals surface area contributed by atoms with Crippen LogP contribution in [0.1, 0.15) is 10.4 Å². The molecule has 1 aromatic rings. The van der Waals surface area contributed by atoms with E-state index in [4.69, 9.17) is 22.1 Å². The third-order valence-electron chi connectivity index (χ3n) is 2.45. The topological polar surface area (TPSA) is 67.6 Å². The van der Waals surface area contributed by atoms with E-state index in [1.54, 1.807) is 18.2 Å². The first kappa shape index (κ1) is 12.2. The number of hydrogen-bond acceptors (Lipinski definition) is 4. The second kappa shape index (κ2) is 5.35. The molecule has 0 unspecified atom stereocenters. The second-order valence-corrected chi connectivity index (χ2v) is 4.25. The highest BCUT2D eigenvalue weighted by Crippen LogP contribution is 2.16. The SMILES string of the molecule is Nc1cc(Cl)cc(C(=O)NN2CCOCC2)c1. The van der Waals surface area contributed by atoms with E-state index in [1.165, 1.54) is 0 Å². The van der Waals surface area contributed by atoms with Crippen molar-refractivity contribution in [2.75, 3.05) is 32.0 Å². The van der Waals surface area contributed by atoms with Gasteiger partial charge in [0.25, 0.3) is 5.91 Å². The molecule has 1 aliphatic rings. The Morgan fingerprint density at radius 3 is 2.71 bits per heavy atom.